The Hall–Kier alpha value is -3.63. The maximum Gasteiger partial charge on any atom is 0.264 e. The number of nitrogens with one attached hydrogen (secondary N) is 1. The van der Waals surface area contributed by atoms with Gasteiger partial charge in [0.1, 0.15) is 24.2 Å². The largest absolute Gasteiger partial charge is 0.494 e. The highest BCUT2D eigenvalue weighted by Crippen LogP contribution is 2.27. The number of benzene rings is 3. The van der Waals surface area contributed by atoms with Gasteiger partial charge in [0.25, 0.3) is 10.0 Å². The molecule has 1 N–H and O–H groups in total. The van der Waals surface area contributed by atoms with E-state index in [4.69, 9.17) is 16.3 Å². The van der Waals surface area contributed by atoms with E-state index in [0.717, 1.165) is 41.4 Å². The van der Waals surface area contributed by atoms with Gasteiger partial charge in [0, 0.05) is 18.1 Å². The van der Waals surface area contributed by atoms with Crippen LogP contribution in [0.15, 0.2) is 77.7 Å². The van der Waals surface area contributed by atoms with Crippen LogP contribution in [0.3, 0.4) is 0 Å². The van der Waals surface area contributed by atoms with Crippen LogP contribution in [0.5, 0.6) is 5.75 Å². The molecule has 0 fully saturated rings. The van der Waals surface area contributed by atoms with Crippen molar-refractivity contribution in [2.75, 3.05) is 24.0 Å². The summed E-state index contributed by atoms with van der Waals surface area (Å²) >= 11 is 6.17. The minimum absolute atomic E-state index is 0.0233. The SMILES string of the molecule is CCCCNC(=O)[C@@H](C)N(Cc1cccc(Cl)c1)C(=O)CN(c1ccc(OCC)cc1)S(=O)(=O)c1ccc(F)cc1. The second kappa shape index (κ2) is 14.8. The topological polar surface area (TPSA) is 96.0 Å². The van der Waals surface area contributed by atoms with Crippen molar-refractivity contribution in [2.24, 2.45) is 0 Å². The van der Waals surface area contributed by atoms with Gasteiger partial charge in [-0.2, -0.15) is 0 Å². The summed E-state index contributed by atoms with van der Waals surface area (Å²) in [6.07, 6.45) is 1.67. The van der Waals surface area contributed by atoms with E-state index in [0.29, 0.717) is 29.5 Å². The molecule has 8 nitrogen and oxygen atoms in total. The van der Waals surface area contributed by atoms with E-state index in [2.05, 4.69) is 5.32 Å². The summed E-state index contributed by atoms with van der Waals surface area (Å²) in [7, 11) is -4.31. The zero-order chi connectivity index (χ0) is 30.0. The van der Waals surface area contributed by atoms with Crippen LogP contribution in [0.1, 0.15) is 39.2 Å². The number of sulfonamides is 1. The summed E-state index contributed by atoms with van der Waals surface area (Å²) in [6.45, 7) is 5.71. The molecule has 0 aliphatic carbocycles. The third kappa shape index (κ3) is 8.68. The first-order chi connectivity index (χ1) is 19.6. The number of nitrogens with zero attached hydrogens (tertiary/aromatic N) is 2. The van der Waals surface area contributed by atoms with E-state index in [9.17, 15) is 22.4 Å². The van der Waals surface area contributed by atoms with Crippen LogP contribution in [-0.2, 0) is 26.2 Å². The number of ether oxygens (including phenoxy) is 1. The summed E-state index contributed by atoms with van der Waals surface area (Å²) in [6, 6.07) is 16.6. The third-order valence-corrected chi connectivity index (χ3v) is 8.38. The van der Waals surface area contributed by atoms with Crippen LogP contribution in [0.4, 0.5) is 10.1 Å². The lowest BCUT2D eigenvalue weighted by Gasteiger charge is -2.32. The molecule has 0 bridgehead atoms. The number of hydrogen-bond acceptors (Lipinski definition) is 5. The zero-order valence-electron chi connectivity index (χ0n) is 23.3. The van der Waals surface area contributed by atoms with Gasteiger partial charge in [0.2, 0.25) is 11.8 Å². The second-order valence-corrected chi connectivity index (χ2v) is 11.7. The lowest BCUT2D eigenvalue weighted by molar-refractivity contribution is -0.139. The first kappa shape index (κ1) is 31.9. The predicted octanol–water partition coefficient (Wildman–Crippen LogP) is 5.41. The van der Waals surface area contributed by atoms with Gasteiger partial charge < -0.3 is 15.0 Å². The average molecular weight is 604 g/mol. The molecule has 0 saturated carbocycles. The molecule has 3 rings (SSSR count). The normalized spacial score (nSPS) is 11.9. The summed E-state index contributed by atoms with van der Waals surface area (Å²) in [5.74, 6) is -1.03. The fourth-order valence-corrected chi connectivity index (χ4v) is 5.72. The number of hydrogen-bond donors (Lipinski definition) is 1. The Bertz CT molecular complexity index is 1420. The van der Waals surface area contributed by atoms with E-state index in [-0.39, 0.29) is 23.0 Å². The maximum atomic E-state index is 13.9. The number of rotatable bonds is 14. The van der Waals surface area contributed by atoms with E-state index in [1.165, 1.54) is 17.0 Å². The van der Waals surface area contributed by atoms with Crippen molar-refractivity contribution < 1.29 is 27.1 Å². The van der Waals surface area contributed by atoms with Crippen LogP contribution in [0.2, 0.25) is 5.02 Å². The number of unbranched alkanes of at least 4 members (excludes halogenated alkanes) is 1. The summed E-state index contributed by atoms with van der Waals surface area (Å²) in [4.78, 5) is 28.1. The molecule has 41 heavy (non-hydrogen) atoms. The number of halogens is 2. The molecule has 2 amide bonds. The predicted molar refractivity (Wildman–Crippen MR) is 158 cm³/mol. The second-order valence-electron chi connectivity index (χ2n) is 9.36. The Balaban J connectivity index is 2.00. The Morgan fingerprint density at radius 1 is 1.02 bits per heavy atom. The third-order valence-electron chi connectivity index (χ3n) is 6.36. The summed E-state index contributed by atoms with van der Waals surface area (Å²) in [5, 5.41) is 3.30. The maximum absolute atomic E-state index is 13.9. The Kier molecular flexibility index (Phi) is 11.5. The lowest BCUT2D eigenvalue weighted by atomic mass is 10.1. The van der Waals surface area contributed by atoms with E-state index in [1.807, 2.05) is 13.8 Å². The summed E-state index contributed by atoms with van der Waals surface area (Å²) in [5.41, 5.74) is 0.877. The number of carbonyl (C=O) groups excluding carboxylic acids is 2. The van der Waals surface area contributed by atoms with Gasteiger partial charge in [-0.25, -0.2) is 12.8 Å². The highest BCUT2D eigenvalue weighted by Gasteiger charge is 2.32. The zero-order valence-corrected chi connectivity index (χ0v) is 24.9. The number of anilines is 1. The summed E-state index contributed by atoms with van der Waals surface area (Å²) < 4.78 is 47.6. The van der Waals surface area contributed by atoms with Gasteiger partial charge in [0.15, 0.2) is 0 Å². The molecule has 0 heterocycles. The van der Waals surface area contributed by atoms with E-state index >= 15 is 0 Å². The van der Waals surface area contributed by atoms with Gasteiger partial charge in [-0.15, -0.1) is 0 Å². The highest BCUT2D eigenvalue weighted by molar-refractivity contribution is 7.92. The molecule has 220 valence electrons. The quantitative estimate of drug-likeness (QED) is 0.249. The van der Waals surface area contributed by atoms with Crippen molar-refractivity contribution in [2.45, 2.75) is 51.1 Å². The first-order valence-corrected chi connectivity index (χ1v) is 15.2. The Labute approximate surface area is 246 Å². The van der Waals surface area contributed by atoms with Crippen molar-refractivity contribution in [3.8, 4) is 5.75 Å². The van der Waals surface area contributed by atoms with Crippen molar-refractivity contribution >= 4 is 39.1 Å². The fourth-order valence-electron chi connectivity index (χ4n) is 4.09. The molecule has 1 atom stereocenters. The smallest absolute Gasteiger partial charge is 0.264 e. The molecule has 0 aliphatic heterocycles. The van der Waals surface area contributed by atoms with Gasteiger partial charge in [0.05, 0.1) is 17.2 Å². The molecule has 0 aromatic heterocycles. The molecule has 11 heteroatoms. The molecule has 0 radical (unpaired) electrons. The molecular weight excluding hydrogens is 569 g/mol. The molecule has 0 spiro atoms. The minimum Gasteiger partial charge on any atom is -0.494 e. The number of amides is 2. The van der Waals surface area contributed by atoms with Crippen LogP contribution < -0.4 is 14.4 Å². The van der Waals surface area contributed by atoms with Crippen LogP contribution >= 0.6 is 11.6 Å². The molecule has 3 aromatic rings. The van der Waals surface area contributed by atoms with Gasteiger partial charge in [-0.1, -0.05) is 37.1 Å². The van der Waals surface area contributed by atoms with Gasteiger partial charge in [-0.05, 0) is 86.5 Å². The lowest BCUT2D eigenvalue weighted by Crippen LogP contribution is -2.51. The van der Waals surface area contributed by atoms with Crippen molar-refractivity contribution in [1.82, 2.24) is 10.2 Å². The Morgan fingerprint density at radius 3 is 2.32 bits per heavy atom. The van der Waals surface area contributed by atoms with Crippen LogP contribution in [0, 0.1) is 5.82 Å². The average Bonchev–Trinajstić information content (AvgIpc) is 2.95. The molecule has 0 unspecified atom stereocenters. The van der Waals surface area contributed by atoms with Gasteiger partial charge >= 0.3 is 0 Å². The molecular formula is C30H35ClFN3O5S. The number of carbonyl (C=O) groups is 2. The standard InChI is InChI=1S/C30H35ClFN3O5S/c1-4-6-18-33-30(37)22(3)34(20-23-8-7-9-24(31)19-23)29(36)21-35(26-12-14-27(15-13-26)40-5-2)41(38,39)28-16-10-25(32)11-17-28/h7-17,19,22H,4-6,18,20-21H2,1-3H3,(H,33,37)/t22-/m1/s1. The van der Waals surface area contributed by atoms with E-state index < -0.39 is 34.3 Å². The Morgan fingerprint density at radius 2 is 1.71 bits per heavy atom. The molecule has 0 aliphatic rings. The van der Waals surface area contributed by atoms with E-state index in [1.54, 1.807) is 43.3 Å². The van der Waals surface area contributed by atoms with Crippen molar-refractivity contribution in [3.05, 3.63) is 89.2 Å². The van der Waals surface area contributed by atoms with Crippen molar-refractivity contribution in [1.29, 1.82) is 0 Å². The monoisotopic (exact) mass is 603 g/mol. The highest BCUT2D eigenvalue weighted by atomic mass is 35.5. The molecule has 0 saturated heterocycles. The van der Waals surface area contributed by atoms with Gasteiger partial charge in [-0.3, -0.25) is 13.9 Å². The van der Waals surface area contributed by atoms with Crippen LogP contribution in [0.25, 0.3) is 0 Å². The van der Waals surface area contributed by atoms with Crippen LogP contribution in [-0.4, -0.2) is 50.9 Å². The van der Waals surface area contributed by atoms with Crippen molar-refractivity contribution in [3.63, 3.8) is 0 Å². The minimum atomic E-state index is -4.31. The molecule has 3 aromatic carbocycles. The first-order valence-electron chi connectivity index (χ1n) is 13.4. The fraction of sp³-hybridized carbons (Fsp3) is 0.333.